The van der Waals surface area contributed by atoms with Crippen LogP contribution in [-0.2, 0) is 6.18 Å². The highest BCUT2D eigenvalue weighted by molar-refractivity contribution is 5.98. The first kappa shape index (κ1) is 20.7. The van der Waals surface area contributed by atoms with E-state index in [2.05, 4.69) is 5.32 Å². The van der Waals surface area contributed by atoms with Crippen LogP contribution in [0.5, 0.6) is 5.75 Å². The van der Waals surface area contributed by atoms with E-state index in [0.29, 0.717) is 37.4 Å². The van der Waals surface area contributed by atoms with E-state index in [1.807, 2.05) is 0 Å². The third-order valence-electron chi connectivity index (χ3n) is 4.95. The molecular weight excluding hydrogens is 385 g/mol. The molecule has 0 aliphatic carbocycles. The number of piperidine rings is 1. The fraction of sp³-hybridized carbons (Fsp3) is 0.333. The summed E-state index contributed by atoms with van der Waals surface area (Å²) in [4.78, 5) is 26.6. The van der Waals surface area contributed by atoms with Crippen LogP contribution in [0.1, 0.15) is 28.8 Å². The van der Waals surface area contributed by atoms with E-state index in [9.17, 15) is 22.8 Å². The third kappa shape index (κ3) is 5.07. The van der Waals surface area contributed by atoms with E-state index in [1.54, 1.807) is 29.2 Å². The van der Waals surface area contributed by atoms with Crippen LogP contribution in [0.3, 0.4) is 0 Å². The summed E-state index contributed by atoms with van der Waals surface area (Å²) >= 11 is 0. The van der Waals surface area contributed by atoms with E-state index < -0.39 is 17.7 Å². The van der Waals surface area contributed by atoms with Crippen molar-refractivity contribution >= 4 is 17.5 Å². The lowest BCUT2D eigenvalue weighted by molar-refractivity contribution is -0.137. The standard InChI is InChI=1S/C21H21F3N2O3/c1-29-18-7-3-6-17(13-18)25-20(28)26-10-8-14(9-11-26)19(27)15-4-2-5-16(12-15)21(22,23)24/h2-7,12-14H,8-11H2,1H3,(H,25,28). The van der Waals surface area contributed by atoms with Gasteiger partial charge in [-0.3, -0.25) is 4.79 Å². The Morgan fingerprint density at radius 3 is 2.41 bits per heavy atom. The lowest BCUT2D eigenvalue weighted by Crippen LogP contribution is -2.42. The Hall–Kier alpha value is -3.03. The molecule has 5 nitrogen and oxygen atoms in total. The third-order valence-corrected chi connectivity index (χ3v) is 4.95. The fourth-order valence-electron chi connectivity index (χ4n) is 3.33. The van der Waals surface area contributed by atoms with Crippen molar-refractivity contribution in [2.24, 2.45) is 5.92 Å². The summed E-state index contributed by atoms with van der Waals surface area (Å²) in [6.07, 6.45) is -3.68. The molecule has 0 radical (unpaired) electrons. The molecule has 0 spiro atoms. The first-order valence-corrected chi connectivity index (χ1v) is 9.19. The van der Waals surface area contributed by atoms with Gasteiger partial charge >= 0.3 is 12.2 Å². The second-order valence-electron chi connectivity index (χ2n) is 6.87. The minimum Gasteiger partial charge on any atom is -0.497 e. The van der Waals surface area contributed by atoms with Gasteiger partial charge in [0.25, 0.3) is 0 Å². The predicted molar refractivity (Wildman–Crippen MR) is 102 cm³/mol. The van der Waals surface area contributed by atoms with Gasteiger partial charge in [-0.2, -0.15) is 13.2 Å². The van der Waals surface area contributed by atoms with Crippen LogP contribution in [0.4, 0.5) is 23.7 Å². The van der Waals surface area contributed by atoms with Crippen molar-refractivity contribution in [3.05, 3.63) is 59.7 Å². The quantitative estimate of drug-likeness (QED) is 0.739. The molecule has 2 aromatic carbocycles. The van der Waals surface area contributed by atoms with Gasteiger partial charge < -0.3 is 15.0 Å². The summed E-state index contributed by atoms with van der Waals surface area (Å²) in [5.41, 5.74) is -0.186. The Kier molecular flexibility index (Phi) is 6.10. The van der Waals surface area contributed by atoms with Gasteiger partial charge in [0.2, 0.25) is 0 Å². The Morgan fingerprint density at radius 2 is 1.76 bits per heavy atom. The van der Waals surface area contributed by atoms with Gasteiger partial charge in [-0.25, -0.2) is 4.79 Å². The van der Waals surface area contributed by atoms with Crippen LogP contribution in [0, 0.1) is 5.92 Å². The number of halogens is 3. The van der Waals surface area contributed by atoms with Crippen LogP contribution in [0.15, 0.2) is 48.5 Å². The first-order chi connectivity index (χ1) is 13.8. The topological polar surface area (TPSA) is 58.6 Å². The summed E-state index contributed by atoms with van der Waals surface area (Å²) in [6.45, 7) is 0.705. The Morgan fingerprint density at radius 1 is 1.07 bits per heavy atom. The van der Waals surface area contributed by atoms with E-state index >= 15 is 0 Å². The minimum absolute atomic E-state index is 0.0547. The molecular formula is C21H21F3N2O3. The molecule has 0 unspecified atom stereocenters. The highest BCUT2D eigenvalue weighted by Gasteiger charge is 2.32. The Bertz CT molecular complexity index is 891. The van der Waals surface area contributed by atoms with Gasteiger partial charge in [0.15, 0.2) is 5.78 Å². The summed E-state index contributed by atoms with van der Waals surface area (Å²) in [5, 5.41) is 2.78. The maximum absolute atomic E-state index is 12.9. The van der Waals surface area contributed by atoms with Crippen molar-refractivity contribution in [1.82, 2.24) is 4.90 Å². The van der Waals surface area contributed by atoms with Gasteiger partial charge in [-0.05, 0) is 37.1 Å². The average molecular weight is 406 g/mol. The van der Waals surface area contributed by atoms with E-state index in [-0.39, 0.29) is 17.4 Å². The normalized spacial score (nSPS) is 15.1. The number of alkyl halides is 3. The zero-order valence-corrected chi connectivity index (χ0v) is 15.8. The van der Waals surface area contributed by atoms with Crippen LogP contribution in [0.25, 0.3) is 0 Å². The van der Waals surface area contributed by atoms with Gasteiger partial charge in [0.1, 0.15) is 5.75 Å². The highest BCUT2D eigenvalue weighted by atomic mass is 19.4. The minimum atomic E-state index is -4.49. The van der Waals surface area contributed by atoms with Gasteiger partial charge in [-0.15, -0.1) is 0 Å². The van der Waals surface area contributed by atoms with Gasteiger partial charge in [0, 0.05) is 36.3 Å². The van der Waals surface area contributed by atoms with Crippen molar-refractivity contribution in [3.8, 4) is 5.75 Å². The molecule has 0 aromatic heterocycles. The summed E-state index contributed by atoms with van der Waals surface area (Å²) < 4.78 is 43.7. The molecule has 8 heteroatoms. The SMILES string of the molecule is COc1cccc(NC(=O)N2CCC(C(=O)c3cccc(C(F)(F)F)c3)CC2)c1. The number of Topliss-reactive ketones (excluding diaryl/α,β-unsaturated/α-hetero) is 1. The molecule has 0 saturated carbocycles. The van der Waals surface area contributed by atoms with E-state index in [4.69, 9.17) is 4.74 Å². The summed E-state index contributed by atoms with van der Waals surface area (Å²) in [6, 6.07) is 11.2. The molecule has 1 N–H and O–H groups in total. The average Bonchev–Trinajstić information content (AvgIpc) is 2.73. The van der Waals surface area contributed by atoms with Crippen LogP contribution < -0.4 is 10.1 Å². The number of rotatable bonds is 4. The number of methoxy groups -OCH3 is 1. The molecule has 1 saturated heterocycles. The first-order valence-electron chi connectivity index (χ1n) is 9.19. The van der Waals surface area contributed by atoms with Crippen molar-refractivity contribution in [1.29, 1.82) is 0 Å². The number of carbonyl (C=O) groups is 2. The number of ether oxygens (including phenoxy) is 1. The number of nitrogens with one attached hydrogen (secondary N) is 1. The molecule has 1 heterocycles. The molecule has 0 atom stereocenters. The molecule has 1 aliphatic rings. The molecule has 3 rings (SSSR count). The molecule has 29 heavy (non-hydrogen) atoms. The lowest BCUT2D eigenvalue weighted by atomic mass is 9.88. The molecule has 1 fully saturated rings. The highest BCUT2D eigenvalue weighted by Crippen LogP contribution is 2.31. The smallest absolute Gasteiger partial charge is 0.416 e. The van der Waals surface area contributed by atoms with Crippen molar-refractivity contribution in [2.75, 3.05) is 25.5 Å². The number of carbonyl (C=O) groups excluding carboxylic acids is 2. The zero-order chi connectivity index (χ0) is 21.0. The van der Waals surface area contributed by atoms with Crippen molar-refractivity contribution < 1.29 is 27.5 Å². The molecule has 1 aliphatic heterocycles. The number of anilines is 1. The summed E-state index contributed by atoms with van der Waals surface area (Å²) in [7, 11) is 1.53. The Labute approximate surface area is 166 Å². The van der Waals surface area contributed by atoms with E-state index in [0.717, 1.165) is 12.1 Å². The number of likely N-dealkylation sites (tertiary alicyclic amines) is 1. The maximum Gasteiger partial charge on any atom is 0.416 e. The van der Waals surface area contributed by atoms with Crippen molar-refractivity contribution in [3.63, 3.8) is 0 Å². The van der Waals surface area contributed by atoms with Crippen LogP contribution in [-0.4, -0.2) is 36.9 Å². The molecule has 154 valence electrons. The molecule has 0 bridgehead atoms. The Balaban J connectivity index is 1.58. The summed E-state index contributed by atoms with van der Waals surface area (Å²) in [5.74, 6) is -0.100. The van der Waals surface area contributed by atoms with E-state index in [1.165, 1.54) is 19.2 Å². The molecule has 2 amide bonds. The number of benzene rings is 2. The van der Waals surface area contributed by atoms with Gasteiger partial charge in [-0.1, -0.05) is 18.2 Å². The second kappa shape index (κ2) is 8.55. The monoisotopic (exact) mass is 406 g/mol. The maximum atomic E-state index is 12.9. The number of ketones is 1. The number of nitrogens with zero attached hydrogens (tertiary/aromatic N) is 1. The number of hydrogen-bond acceptors (Lipinski definition) is 3. The van der Waals surface area contributed by atoms with Crippen LogP contribution >= 0.6 is 0 Å². The molecule has 2 aromatic rings. The fourth-order valence-corrected chi connectivity index (χ4v) is 3.33. The number of hydrogen-bond donors (Lipinski definition) is 1. The number of amides is 2. The lowest BCUT2D eigenvalue weighted by Gasteiger charge is -2.31. The van der Waals surface area contributed by atoms with Crippen LogP contribution in [0.2, 0.25) is 0 Å². The number of urea groups is 1. The predicted octanol–water partition coefficient (Wildman–Crippen LogP) is 4.84. The van der Waals surface area contributed by atoms with Gasteiger partial charge in [0.05, 0.1) is 12.7 Å². The zero-order valence-electron chi connectivity index (χ0n) is 15.8. The largest absolute Gasteiger partial charge is 0.497 e. The van der Waals surface area contributed by atoms with Crippen molar-refractivity contribution in [2.45, 2.75) is 19.0 Å². The second-order valence-corrected chi connectivity index (χ2v) is 6.87.